The number of carbonyl (C=O) groups is 1. The minimum atomic E-state index is -0.261. The number of fused-ring (bicyclic) bond motifs is 1. The number of aryl methyl sites for hydroxylation is 2. The molecule has 5 nitrogen and oxygen atoms in total. The van der Waals surface area contributed by atoms with E-state index in [4.69, 9.17) is 0 Å². The molecule has 0 atom stereocenters. The first-order valence-electron chi connectivity index (χ1n) is 7.16. The molecule has 0 saturated carbocycles. The second-order valence-corrected chi connectivity index (χ2v) is 5.33. The van der Waals surface area contributed by atoms with Gasteiger partial charge in [0, 0.05) is 6.54 Å². The SMILES string of the molecule is Cc1ccc(CNC(=O)Nn2cnc3ccccc32)c(C)c1. The summed E-state index contributed by atoms with van der Waals surface area (Å²) in [6.45, 7) is 4.59. The Kier molecular flexibility index (Phi) is 3.78. The van der Waals surface area contributed by atoms with Crippen molar-refractivity contribution in [2.75, 3.05) is 5.43 Å². The van der Waals surface area contributed by atoms with Crippen LogP contribution in [0.5, 0.6) is 0 Å². The standard InChI is InChI=1S/C17H18N4O/c1-12-7-8-14(13(2)9-12)10-18-17(22)20-21-11-19-15-5-3-4-6-16(15)21/h3-9,11H,10H2,1-2H3,(H2,18,20,22). The highest BCUT2D eigenvalue weighted by Gasteiger charge is 2.06. The van der Waals surface area contributed by atoms with Crippen LogP contribution in [0, 0.1) is 13.8 Å². The minimum Gasteiger partial charge on any atom is -0.333 e. The molecule has 1 aromatic heterocycles. The third kappa shape index (κ3) is 2.93. The van der Waals surface area contributed by atoms with Gasteiger partial charge in [-0.05, 0) is 37.1 Å². The summed E-state index contributed by atoms with van der Waals surface area (Å²) in [6.07, 6.45) is 1.60. The highest BCUT2D eigenvalue weighted by molar-refractivity contribution is 5.85. The minimum absolute atomic E-state index is 0.261. The second-order valence-electron chi connectivity index (χ2n) is 5.33. The topological polar surface area (TPSA) is 59.0 Å². The van der Waals surface area contributed by atoms with Gasteiger partial charge >= 0.3 is 6.03 Å². The van der Waals surface area contributed by atoms with Gasteiger partial charge in [0.15, 0.2) is 0 Å². The van der Waals surface area contributed by atoms with Gasteiger partial charge in [-0.3, -0.25) is 0 Å². The molecule has 0 aliphatic rings. The molecular formula is C17H18N4O. The van der Waals surface area contributed by atoms with Gasteiger partial charge in [-0.15, -0.1) is 0 Å². The van der Waals surface area contributed by atoms with Crippen molar-refractivity contribution in [2.24, 2.45) is 0 Å². The lowest BCUT2D eigenvalue weighted by Crippen LogP contribution is -2.33. The Morgan fingerprint density at radius 1 is 1.18 bits per heavy atom. The summed E-state index contributed by atoms with van der Waals surface area (Å²) in [5, 5.41) is 2.86. The molecule has 3 aromatic rings. The van der Waals surface area contributed by atoms with Crippen LogP contribution < -0.4 is 10.7 Å². The molecule has 0 saturated heterocycles. The number of hydrogen-bond donors (Lipinski definition) is 2. The van der Waals surface area contributed by atoms with Crippen molar-refractivity contribution in [3.05, 3.63) is 65.5 Å². The Morgan fingerprint density at radius 2 is 2.00 bits per heavy atom. The van der Waals surface area contributed by atoms with E-state index >= 15 is 0 Å². The van der Waals surface area contributed by atoms with Crippen molar-refractivity contribution in [3.63, 3.8) is 0 Å². The Morgan fingerprint density at radius 3 is 2.82 bits per heavy atom. The molecule has 5 heteroatoms. The smallest absolute Gasteiger partial charge is 0.333 e. The van der Waals surface area contributed by atoms with Gasteiger partial charge in [-0.25, -0.2) is 19.9 Å². The fourth-order valence-electron chi connectivity index (χ4n) is 2.42. The highest BCUT2D eigenvalue weighted by Crippen LogP contribution is 2.11. The summed E-state index contributed by atoms with van der Waals surface area (Å²) < 4.78 is 1.62. The summed E-state index contributed by atoms with van der Waals surface area (Å²) in [6, 6.07) is 13.6. The van der Waals surface area contributed by atoms with Crippen molar-refractivity contribution in [2.45, 2.75) is 20.4 Å². The average molecular weight is 294 g/mol. The number of hydrogen-bond acceptors (Lipinski definition) is 2. The van der Waals surface area contributed by atoms with Crippen molar-refractivity contribution in [3.8, 4) is 0 Å². The third-order valence-corrected chi connectivity index (χ3v) is 3.61. The summed E-state index contributed by atoms with van der Waals surface area (Å²) in [4.78, 5) is 16.3. The van der Waals surface area contributed by atoms with Gasteiger partial charge in [0.1, 0.15) is 6.33 Å². The molecule has 112 valence electrons. The quantitative estimate of drug-likeness (QED) is 0.780. The van der Waals surface area contributed by atoms with Crippen molar-refractivity contribution >= 4 is 17.1 Å². The maximum absolute atomic E-state index is 12.0. The summed E-state index contributed by atoms with van der Waals surface area (Å²) >= 11 is 0. The molecule has 0 spiro atoms. The van der Waals surface area contributed by atoms with Gasteiger partial charge < -0.3 is 5.32 Å². The number of nitrogens with zero attached hydrogens (tertiary/aromatic N) is 2. The van der Waals surface area contributed by atoms with Crippen LogP contribution in [0.2, 0.25) is 0 Å². The van der Waals surface area contributed by atoms with Crippen LogP contribution in [0.3, 0.4) is 0 Å². The normalized spacial score (nSPS) is 10.6. The Bertz CT molecular complexity index is 822. The third-order valence-electron chi connectivity index (χ3n) is 3.61. The summed E-state index contributed by atoms with van der Waals surface area (Å²) in [5.41, 5.74) is 7.98. The molecule has 0 radical (unpaired) electrons. The number of nitrogens with one attached hydrogen (secondary N) is 2. The Balaban J connectivity index is 1.65. The Labute approximate surface area is 129 Å². The molecule has 2 amide bonds. The zero-order chi connectivity index (χ0) is 15.5. The fourth-order valence-corrected chi connectivity index (χ4v) is 2.42. The number of rotatable bonds is 3. The van der Waals surface area contributed by atoms with E-state index in [1.165, 1.54) is 11.1 Å². The van der Waals surface area contributed by atoms with E-state index in [2.05, 4.69) is 28.7 Å². The number of carbonyl (C=O) groups excluding carboxylic acids is 1. The summed E-state index contributed by atoms with van der Waals surface area (Å²) in [5.74, 6) is 0. The van der Waals surface area contributed by atoms with E-state index in [-0.39, 0.29) is 6.03 Å². The molecule has 0 bridgehead atoms. The Hall–Kier alpha value is -2.82. The van der Waals surface area contributed by atoms with Crippen molar-refractivity contribution in [1.29, 1.82) is 0 Å². The van der Waals surface area contributed by atoms with Gasteiger partial charge in [0.05, 0.1) is 11.0 Å². The van der Waals surface area contributed by atoms with Crippen LogP contribution in [-0.2, 0) is 6.54 Å². The number of imidazole rings is 1. The highest BCUT2D eigenvalue weighted by atomic mass is 16.2. The molecule has 0 unspecified atom stereocenters. The monoisotopic (exact) mass is 294 g/mol. The summed E-state index contributed by atoms with van der Waals surface area (Å²) in [7, 11) is 0. The predicted octanol–water partition coefficient (Wildman–Crippen LogP) is 3.11. The molecular weight excluding hydrogens is 276 g/mol. The zero-order valence-corrected chi connectivity index (χ0v) is 12.6. The second kappa shape index (κ2) is 5.89. The van der Waals surface area contributed by atoms with E-state index in [1.807, 2.05) is 43.3 Å². The van der Waals surface area contributed by atoms with Crippen molar-refractivity contribution < 1.29 is 4.79 Å². The number of benzene rings is 2. The molecule has 1 heterocycles. The molecule has 0 fully saturated rings. The first kappa shape index (κ1) is 14.1. The maximum atomic E-state index is 12.0. The van der Waals surface area contributed by atoms with E-state index in [0.29, 0.717) is 6.54 Å². The van der Waals surface area contributed by atoms with Gasteiger partial charge in [0.25, 0.3) is 0 Å². The van der Waals surface area contributed by atoms with E-state index < -0.39 is 0 Å². The molecule has 0 aliphatic heterocycles. The zero-order valence-electron chi connectivity index (χ0n) is 12.6. The number of para-hydroxylation sites is 2. The predicted molar refractivity (Wildman–Crippen MR) is 87.2 cm³/mol. The van der Waals surface area contributed by atoms with E-state index in [0.717, 1.165) is 16.6 Å². The lowest BCUT2D eigenvalue weighted by molar-refractivity contribution is 0.249. The van der Waals surface area contributed by atoms with Crippen molar-refractivity contribution in [1.82, 2.24) is 15.0 Å². The van der Waals surface area contributed by atoms with Crippen LogP contribution in [0.4, 0.5) is 4.79 Å². The number of aromatic nitrogens is 2. The fraction of sp³-hybridized carbons (Fsp3) is 0.176. The van der Waals surface area contributed by atoms with Crippen LogP contribution in [0.25, 0.3) is 11.0 Å². The number of urea groups is 1. The van der Waals surface area contributed by atoms with Gasteiger partial charge in [-0.2, -0.15) is 0 Å². The van der Waals surface area contributed by atoms with Gasteiger partial charge in [0.2, 0.25) is 0 Å². The average Bonchev–Trinajstić information content (AvgIpc) is 2.90. The largest absolute Gasteiger partial charge is 0.334 e. The molecule has 0 aliphatic carbocycles. The maximum Gasteiger partial charge on any atom is 0.334 e. The first-order valence-corrected chi connectivity index (χ1v) is 7.16. The van der Waals surface area contributed by atoms with Crippen LogP contribution >= 0.6 is 0 Å². The van der Waals surface area contributed by atoms with E-state index in [1.54, 1.807) is 11.0 Å². The van der Waals surface area contributed by atoms with Gasteiger partial charge in [-0.1, -0.05) is 35.9 Å². The molecule has 2 aromatic carbocycles. The lowest BCUT2D eigenvalue weighted by atomic mass is 10.1. The molecule has 22 heavy (non-hydrogen) atoms. The first-order chi connectivity index (χ1) is 10.6. The van der Waals surface area contributed by atoms with Crippen LogP contribution in [-0.4, -0.2) is 15.7 Å². The van der Waals surface area contributed by atoms with Crippen LogP contribution in [0.1, 0.15) is 16.7 Å². The molecule has 2 N–H and O–H groups in total. The molecule has 3 rings (SSSR count). The lowest BCUT2D eigenvalue weighted by Gasteiger charge is -2.11. The number of amides is 2. The van der Waals surface area contributed by atoms with Crippen LogP contribution in [0.15, 0.2) is 48.8 Å². The van der Waals surface area contributed by atoms with E-state index in [9.17, 15) is 4.79 Å².